The molecule has 1 amide bonds. The molecule has 0 bridgehead atoms. The molecule has 132 valence electrons. The van der Waals surface area contributed by atoms with Crippen LogP contribution in [0.3, 0.4) is 0 Å². The molecule has 7 heteroatoms. The minimum absolute atomic E-state index is 0.0199. The summed E-state index contributed by atoms with van der Waals surface area (Å²) in [4.78, 5) is 26.6. The van der Waals surface area contributed by atoms with Gasteiger partial charge in [-0.05, 0) is 35.9 Å². The van der Waals surface area contributed by atoms with Crippen molar-refractivity contribution < 1.29 is 18.7 Å². The van der Waals surface area contributed by atoms with Crippen molar-refractivity contribution in [2.75, 3.05) is 11.5 Å². The fraction of sp³-hybridized carbons (Fsp3) is 0.158. The molecule has 2 aromatic rings. The zero-order valence-corrected chi connectivity index (χ0v) is 14.9. The van der Waals surface area contributed by atoms with Crippen LogP contribution < -0.4 is 4.90 Å². The summed E-state index contributed by atoms with van der Waals surface area (Å²) in [5.74, 6) is -1.87. The molecule has 2 aliphatic heterocycles. The molecule has 0 saturated carbocycles. The van der Waals surface area contributed by atoms with Crippen LogP contribution in [0.2, 0.25) is 10.0 Å². The van der Waals surface area contributed by atoms with E-state index in [0.717, 1.165) is 0 Å². The SMILES string of the molecule is O=C1OCC2=C1[C@H](c1c(Cl)cccc1Cl)CC(=O)N2c1cccc(F)c1. The Morgan fingerprint density at radius 2 is 1.77 bits per heavy atom. The number of carbonyl (C=O) groups is 2. The van der Waals surface area contributed by atoms with Crippen LogP contribution in [0.25, 0.3) is 0 Å². The summed E-state index contributed by atoms with van der Waals surface area (Å²) in [6.07, 6.45) is -0.0199. The first kappa shape index (κ1) is 17.1. The van der Waals surface area contributed by atoms with Crippen molar-refractivity contribution in [2.45, 2.75) is 12.3 Å². The van der Waals surface area contributed by atoms with Gasteiger partial charge in [-0.15, -0.1) is 0 Å². The molecule has 0 saturated heterocycles. The van der Waals surface area contributed by atoms with Crippen molar-refractivity contribution in [1.29, 1.82) is 0 Å². The molecule has 0 spiro atoms. The summed E-state index contributed by atoms with van der Waals surface area (Å²) in [6.45, 7) is -0.0605. The molecule has 0 unspecified atom stereocenters. The summed E-state index contributed by atoms with van der Waals surface area (Å²) in [5, 5.41) is 0.752. The van der Waals surface area contributed by atoms with Gasteiger partial charge >= 0.3 is 5.97 Å². The van der Waals surface area contributed by atoms with E-state index in [9.17, 15) is 14.0 Å². The van der Waals surface area contributed by atoms with E-state index in [-0.39, 0.29) is 18.9 Å². The van der Waals surface area contributed by atoms with Gasteiger partial charge in [0.25, 0.3) is 0 Å². The van der Waals surface area contributed by atoms with Gasteiger partial charge in [0.05, 0.1) is 17.0 Å². The Morgan fingerprint density at radius 1 is 1.08 bits per heavy atom. The quantitative estimate of drug-likeness (QED) is 0.709. The highest BCUT2D eigenvalue weighted by Crippen LogP contribution is 2.45. The molecule has 1 atom stereocenters. The maximum Gasteiger partial charge on any atom is 0.336 e. The Kier molecular flexibility index (Phi) is 4.21. The zero-order chi connectivity index (χ0) is 18.4. The lowest BCUT2D eigenvalue weighted by Crippen LogP contribution is -2.37. The first-order valence-corrected chi connectivity index (χ1v) is 8.65. The van der Waals surface area contributed by atoms with E-state index in [2.05, 4.69) is 0 Å². The van der Waals surface area contributed by atoms with Gasteiger partial charge in [-0.2, -0.15) is 0 Å². The van der Waals surface area contributed by atoms with E-state index in [1.165, 1.54) is 23.1 Å². The smallest absolute Gasteiger partial charge is 0.336 e. The van der Waals surface area contributed by atoms with Crippen LogP contribution in [-0.4, -0.2) is 18.5 Å². The third-order valence-corrected chi connectivity index (χ3v) is 5.19. The lowest BCUT2D eigenvalue weighted by molar-refractivity contribution is -0.136. The second kappa shape index (κ2) is 6.41. The molecule has 0 fully saturated rings. The number of rotatable bonds is 2. The number of halogens is 3. The highest BCUT2D eigenvalue weighted by Gasteiger charge is 2.44. The van der Waals surface area contributed by atoms with Crippen molar-refractivity contribution in [3.63, 3.8) is 0 Å². The Morgan fingerprint density at radius 3 is 2.46 bits per heavy atom. The Bertz CT molecular complexity index is 953. The fourth-order valence-electron chi connectivity index (χ4n) is 3.46. The van der Waals surface area contributed by atoms with Gasteiger partial charge in [0.2, 0.25) is 5.91 Å². The minimum Gasteiger partial charge on any atom is -0.456 e. The lowest BCUT2D eigenvalue weighted by Gasteiger charge is -2.32. The molecule has 4 nitrogen and oxygen atoms in total. The van der Waals surface area contributed by atoms with E-state index in [0.29, 0.717) is 32.6 Å². The van der Waals surface area contributed by atoms with Crippen LogP contribution in [0.1, 0.15) is 17.9 Å². The van der Waals surface area contributed by atoms with E-state index < -0.39 is 17.7 Å². The molecule has 0 aromatic heterocycles. The maximum absolute atomic E-state index is 13.6. The molecule has 2 heterocycles. The van der Waals surface area contributed by atoms with Gasteiger partial charge in [-0.25, -0.2) is 9.18 Å². The predicted molar refractivity (Wildman–Crippen MR) is 95.7 cm³/mol. The van der Waals surface area contributed by atoms with Crippen LogP contribution >= 0.6 is 23.2 Å². The maximum atomic E-state index is 13.6. The standard InChI is InChI=1S/C19H12Cl2FNO3/c20-13-5-2-6-14(21)17(13)12-8-16(24)23(11-4-1-3-10(22)7-11)15-9-26-19(25)18(12)15/h1-7,12H,8-9H2/t12-/m0/s1. The lowest BCUT2D eigenvalue weighted by atomic mass is 9.84. The summed E-state index contributed by atoms with van der Waals surface area (Å²) in [6, 6.07) is 10.7. The van der Waals surface area contributed by atoms with Crippen LogP contribution in [0.15, 0.2) is 53.7 Å². The predicted octanol–water partition coefficient (Wildman–Crippen LogP) is 4.46. The number of benzene rings is 2. The number of cyclic esters (lactones) is 1. The second-order valence-corrected chi connectivity index (χ2v) is 6.85. The van der Waals surface area contributed by atoms with Crippen LogP contribution in [-0.2, 0) is 14.3 Å². The summed E-state index contributed by atoms with van der Waals surface area (Å²) in [5.41, 5.74) is 1.61. The van der Waals surface area contributed by atoms with Crippen molar-refractivity contribution in [2.24, 2.45) is 0 Å². The number of carbonyl (C=O) groups excluding carboxylic acids is 2. The number of nitrogens with zero attached hydrogens (tertiary/aromatic N) is 1. The van der Waals surface area contributed by atoms with Gasteiger partial charge in [0.15, 0.2) is 0 Å². The fourth-order valence-corrected chi connectivity index (χ4v) is 4.12. The Labute approximate surface area is 158 Å². The molecule has 2 aliphatic rings. The van der Waals surface area contributed by atoms with Gasteiger partial charge in [0, 0.05) is 22.4 Å². The van der Waals surface area contributed by atoms with E-state index in [1.807, 2.05) is 0 Å². The number of esters is 1. The van der Waals surface area contributed by atoms with Crippen LogP contribution in [0.4, 0.5) is 10.1 Å². The first-order chi connectivity index (χ1) is 12.5. The Balaban J connectivity index is 1.89. The molecular weight excluding hydrogens is 380 g/mol. The third kappa shape index (κ3) is 2.68. The molecule has 26 heavy (non-hydrogen) atoms. The Hall–Kier alpha value is -2.37. The number of hydrogen-bond acceptors (Lipinski definition) is 3. The average molecular weight is 392 g/mol. The topological polar surface area (TPSA) is 46.6 Å². The monoisotopic (exact) mass is 391 g/mol. The van der Waals surface area contributed by atoms with Gasteiger partial charge in [-0.1, -0.05) is 35.3 Å². The number of amides is 1. The highest BCUT2D eigenvalue weighted by atomic mass is 35.5. The molecule has 0 radical (unpaired) electrons. The van der Waals surface area contributed by atoms with E-state index >= 15 is 0 Å². The van der Waals surface area contributed by atoms with Crippen molar-refractivity contribution in [1.82, 2.24) is 0 Å². The average Bonchev–Trinajstić information content (AvgIpc) is 2.96. The summed E-state index contributed by atoms with van der Waals surface area (Å²) in [7, 11) is 0. The largest absolute Gasteiger partial charge is 0.456 e. The van der Waals surface area contributed by atoms with E-state index in [1.54, 1.807) is 24.3 Å². The van der Waals surface area contributed by atoms with Crippen molar-refractivity contribution in [3.05, 3.63) is 75.2 Å². The number of anilines is 1. The molecule has 0 N–H and O–H groups in total. The summed E-state index contributed by atoms with van der Waals surface area (Å²) >= 11 is 12.6. The van der Waals surface area contributed by atoms with Crippen LogP contribution in [0.5, 0.6) is 0 Å². The molecule has 0 aliphatic carbocycles. The van der Waals surface area contributed by atoms with Crippen LogP contribution in [0, 0.1) is 5.82 Å². The summed E-state index contributed by atoms with van der Waals surface area (Å²) < 4.78 is 18.8. The highest BCUT2D eigenvalue weighted by molar-refractivity contribution is 6.36. The molecule has 2 aromatic carbocycles. The first-order valence-electron chi connectivity index (χ1n) is 7.90. The van der Waals surface area contributed by atoms with Crippen molar-refractivity contribution in [3.8, 4) is 0 Å². The second-order valence-electron chi connectivity index (χ2n) is 6.04. The third-order valence-electron chi connectivity index (χ3n) is 4.53. The zero-order valence-electron chi connectivity index (χ0n) is 13.3. The van der Waals surface area contributed by atoms with Crippen molar-refractivity contribution >= 4 is 40.8 Å². The normalized spacial score (nSPS) is 19.7. The van der Waals surface area contributed by atoms with Gasteiger partial charge < -0.3 is 4.74 Å². The molecule has 4 rings (SSSR count). The minimum atomic E-state index is -0.599. The van der Waals surface area contributed by atoms with Gasteiger partial charge in [-0.3, -0.25) is 9.69 Å². The number of hydrogen-bond donors (Lipinski definition) is 0. The number of ether oxygens (including phenoxy) is 1. The van der Waals surface area contributed by atoms with Gasteiger partial charge in [0.1, 0.15) is 12.4 Å². The van der Waals surface area contributed by atoms with E-state index in [4.69, 9.17) is 27.9 Å². The molecular formula is C19H12Cl2FNO3.